The number of hydrogen-bond acceptors (Lipinski definition) is 0. The molecule has 2 heteroatoms. The predicted molar refractivity (Wildman–Crippen MR) is 83.1 cm³/mol. The Morgan fingerprint density at radius 1 is 0.875 bits per heavy atom. The van der Waals surface area contributed by atoms with E-state index in [-0.39, 0.29) is 0 Å². The molecule has 0 bridgehead atoms. The zero-order valence-electron chi connectivity index (χ0n) is 11.8. The Kier molecular flexibility index (Phi) is 10.1. The summed E-state index contributed by atoms with van der Waals surface area (Å²) in [6, 6.07) is 1.47. The van der Waals surface area contributed by atoms with Crippen molar-refractivity contribution in [3.63, 3.8) is 0 Å². The maximum absolute atomic E-state index is 4.15. The smallest absolute Gasteiger partial charge is 0.126 e. The van der Waals surface area contributed by atoms with Crippen molar-refractivity contribution in [1.29, 1.82) is 0 Å². The van der Waals surface area contributed by atoms with E-state index in [2.05, 4.69) is 42.6 Å². The SMILES string of the molecule is CCCCC(CCCC)[Si](C)(Br)CCCC. The van der Waals surface area contributed by atoms with Crippen LogP contribution in [0.5, 0.6) is 0 Å². The van der Waals surface area contributed by atoms with Crippen LogP contribution in [0, 0.1) is 0 Å². The fourth-order valence-electron chi connectivity index (χ4n) is 2.37. The van der Waals surface area contributed by atoms with Crippen LogP contribution in [0.15, 0.2) is 0 Å². The Balaban J connectivity index is 4.20. The molecule has 0 nitrogen and oxygen atoms in total. The van der Waals surface area contributed by atoms with Crippen LogP contribution in [-0.2, 0) is 0 Å². The van der Waals surface area contributed by atoms with E-state index in [1.165, 1.54) is 57.4 Å². The molecular weight excluding hydrogens is 276 g/mol. The molecule has 0 aliphatic carbocycles. The van der Waals surface area contributed by atoms with E-state index in [9.17, 15) is 0 Å². The normalized spacial score (nSPS) is 15.4. The van der Waals surface area contributed by atoms with Gasteiger partial charge in [-0.2, -0.15) is 0 Å². The highest BCUT2D eigenvalue weighted by Gasteiger charge is 2.32. The van der Waals surface area contributed by atoms with Crippen molar-refractivity contribution >= 4 is 22.0 Å². The van der Waals surface area contributed by atoms with E-state index < -0.39 is 6.69 Å². The lowest BCUT2D eigenvalue weighted by atomic mass is 10.1. The van der Waals surface area contributed by atoms with Crippen molar-refractivity contribution < 1.29 is 0 Å². The van der Waals surface area contributed by atoms with Crippen LogP contribution in [0.4, 0.5) is 0 Å². The molecule has 0 N–H and O–H groups in total. The maximum Gasteiger partial charge on any atom is 0.130 e. The van der Waals surface area contributed by atoms with Gasteiger partial charge in [-0.1, -0.05) is 78.7 Å². The third-order valence-electron chi connectivity index (χ3n) is 3.68. The van der Waals surface area contributed by atoms with Crippen molar-refractivity contribution in [2.45, 2.75) is 90.3 Å². The van der Waals surface area contributed by atoms with Gasteiger partial charge < -0.3 is 0 Å². The third-order valence-corrected chi connectivity index (χ3v) is 10.4. The topological polar surface area (TPSA) is 0 Å². The van der Waals surface area contributed by atoms with Gasteiger partial charge in [0.05, 0.1) is 0 Å². The van der Waals surface area contributed by atoms with Crippen LogP contribution in [0.2, 0.25) is 18.1 Å². The van der Waals surface area contributed by atoms with Gasteiger partial charge in [-0.3, -0.25) is 0 Å². The molecule has 0 aliphatic rings. The summed E-state index contributed by atoms with van der Waals surface area (Å²) in [5.74, 6) is 0. The minimum Gasteiger partial charge on any atom is -0.126 e. The van der Waals surface area contributed by atoms with E-state index >= 15 is 0 Å². The van der Waals surface area contributed by atoms with Gasteiger partial charge in [-0.25, -0.2) is 0 Å². The molecule has 1 unspecified atom stereocenters. The molecule has 0 amide bonds. The fraction of sp³-hybridized carbons (Fsp3) is 1.00. The summed E-state index contributed by atoms with van der Waals surface area (Å²) >= 11 is 4.15. The molecule has 0 saturated heterocycles. The van der Waals surface area contributed by atoms with Crippen LogP contribution in [0.1, 0.15) is 72.1 Å². The summed E-state index contributed by atoms with van der Waals surface area (Å²) in [5.41, 5.74) is 1.01. The van der Waals surface area contributed by atoms with Crippen LogP contribution < -0.4 is 0 Å². The first-order chi connectivity index (χ1) is 7.58. The minimum absolute atomic E-state index is 1.01. The van der Waals surface area contributed by atoms with Crippen molar-refractivity contribution in [2.75, 3.05) is 0 Å². The van der Waals surface area contributed by atoms with E-state index in [1.54, 1.807) is 0 Å². The number of hydrogen-bond donors (Lipinski definition) is 0. The van der Waals surface area contributed by atoms with Gasteiger partial charge in [0, 0.05) is 0 Å². The Hall–Kier alpha value is 0.697. The molecule has 16 heavy (non-hydrogen) atoms. The molecule has 98 valence electrons. The third kappa shape index (κ3) is 7.11. The summed E-state index contributed by atoms with van der Waals surface area (Å²) in [5, 5.41) is 0. The number of unbranched alkanes of at least 4 members (excludes halogenated alkanes) is 3. The zero-order chi connectivity index (χ0) is 12.4. The summed E-state index contributed by atoms with van der Waals surface area (Å²) in [7, 11) is 0. The molecule has 0 aliphatic heterocycles. The summed E-state index contributed by atoms with van der Waals surface area (Å²) in [6.07, 6.45) is 11.3. The van der Waals surface area contributed by atoms with Gasteiger partial charge in [-0.05, 0) is 11.6 Å². The second-order valence-electron chi connectivity index (χ2n) is 5.36. The van der Waals surface area contributed by atoms with E-state index in [0.29, 0.717) is 0 Å². The van der Waals surface area contributed by atoms with Gasteiger partial charge >= 0.3 is 0 Å². The van der Waals surface area contributed by atoms with Gasteiger partial charge in [0.1, 0.15) is 6.69 Å². The van der Waals surface area contributed by atoms with Crippen molar-refractivity contribution in [2.24, 2.45) is 0 Å². The van der Waals surface area contributed by atoms with E-state index in [0.717, 1.165) is 5.54 Å². The molecule has 0 aromatic heterocycles. The van der Waals surface area contributed by atoms with Gasteiger partial charge in [0.2, 0.25) is 0 Å². The largest absolute Gasteiger partial charge is 0.130 e. The minimum atomic E-state index is -1.12. The molecule has 0 saturated carbocycles. The molecule has 0 aromatic carbocycles. The van der Waals surface area contributed by atoms with Crippen molar-refractivity contribution in [3.8, 4) is 0 Å². The molecule has 1 atom stereocenters. The van der Waals surface area contributed by atoms with Crippen LogP contribution in [0.3, 0.4) is 0 Å². The zero-order valence-corrected chi connectivity index (χ0v) is 14.4. The standard InChI is InChI=1S/C14H31BrSi/c1-5-8-11-14(12-9-6-2)16(4,15)13-10-7-3/h14H,5-13H2,1-4H3. The quantitative estimate of drug-likeness (QED) is 0.319. The second-order valence-corrected chi connectivity index (χ2v) is 14.7. The van der Waals surface area contributed by atoms with Crippen LogP contribution >= 0.6 is 15.3 Å². The van der Waals surface area contributed by atoms with Crippen LogP contribution in [0.25, 0.3) is 0 Å². The lowest BCUT2D eigenvalue weighted by Crippen LogP contribution is -2.29. The summed E-state index contributed by atoms with van der Waals surface area (Å²) in [6.45, 7) is 8.38. The highest BCUT2D eigenvalue weighted by molar-refractivity contribution is 9.26. The van der Waals surface area contributed by atoms with Gasteiger partial charge in [0.25, 0.3) is 0 Å². The second kappa shape index (κ2) is 9.70. The number of halogens is 1. The fourth-order valence-corrected chi connectivity index (χ4v) is 7.65. The molecule has 0 aromatic rings. The highest BCUT2D eigenvalue weighted by atomic mass is 79.9. The Labute approximate surface area is 112 Å². The van der Waals surface area contributed by atoms with E-state index in [1.807, 2.05) is 0 Å². The molecule has 0 rings (SSSR count). The highest BCUT2D eigenvalue weighted by Crippen LogP contribution is 2.40. The van der Waals surface area contributed by atoms with Crippen LogP contribution in [-0.4, -0.2) is 6.69 Å². The number of rotatable bonds is 10. The monoisotopic (exact) mass is 306 g/mol. The molecule has 0 spiro atoms. The summed E-state index contributed by atoms with van der Waals surface area (Å²) in [4.78, 5) is 0. The first kappa shape index (κ1) is 16.7. The lowest BCUT2D eigenvalue weighted by Gasteiger charge is -2.31. The average molecular weight is 307 g/mol. The molecule has 0 radical (unpaired) electrons. The van der Waals surface area contributed by atoms with E-state index in [4.69, 9.17) is 0 Å². The molecular formula is C14H31BrSi. The van der Waals surface area contributed by atoms with Gasteiger partial charge in [-0.15, -0.1) is 15.3 Å². The first-order valence-corrected chi connectivity index (χ1v) is 12.3. The van der Waals surface area contributed by atoms with Gasteiger partial charge in [0.15, 0.2) is 0 Å². The average Bonchev–Trinajstić information content (AvgIpc) is 2.26. The lowest BCUT2D eigenvalue weighted by molar-refractivity contribution is 0.587. The summed E-state index contributed by atoms with van der Waals surface area (Å²) < 4.78 is 0. The maximum atomic E-state index is 4.15. The molecule has 0 fully saturated rings. The van der Waals surface area contributed by atoms with Crippen molar-refractivity contribution in [1.82, 2.24) is 0 Å². The Morgan fingerprint density at radius 3 is 1.69 bits per heavy atom. The Bertz CT molecular complexity index is 149. The Morgan fingerprint density at radius 2 is 1.31 bits per heavy atom. The first-order valence-electron chi connectivity index (χ1n) is 7.27. The van der Waals surface area contributed by atoms with Crippen molar-refractivity contribution in [3.05, 3.63) is 0 Å². The molecule has 0 heterocycles. The predicted octanol–water partition coefficient (Wildman–Crippen LogP) is 6.51.